The quantitative estimate of drug-likeness (QED) is 0.658. The van der Waals surface area contributed by atoms with Gasteiger partial charge in [0.05, 0.1) is 19.8 Å². The molecule has 1 rings (SSSR count). The molecule has 0 saturated carbocycles. The van der Waals surface area contributed by atoms with E-state index in [0.717, 1.165) is 12.4 Å². The highest BCUT2D eigenvalue weighted by molar-refractivity contribution is 7.12. The molecule has 3 nitrogen and oxygen atoms in total. The summed E-state index contributed by atoms with van der Waals surface area (Å²) in [6.07, 6.45) is 0. The monoisotopic (exact) mass is 244 g/mol. The average molecular weight is 244 g/mol. The van der Waals surface area contributed by atoms with Crippen LogP contribution >= 0.6 is 11.3 Å². The van der Waals surface area contributed by atoms with Gasteiger partial charge in [-0.3, -0.25) is 0 Å². The van der Waals surface area contributed by atoms with Crippen molar-refractivity contribution in [3.8, 4) is 5.75 Å². The van der Waals surface area contributed by atoms with E-state index in [1.54, 1.807) is 11.3 Å². The number of aryl methyl sites for hydroxylation is 2. The maximum atomic E-state index is 5.61. The Morgan fingerprint density at radius 3 is 2.38 bits per heavy atom. The van der Waals surface area contributed by atoms with E-state index in [1.807, 2.05) is 6.92 Å². The van der Waals surface area contributed by atoms with E-state index in [9.17, 15) is 0 Å². The van der Waals surface area contributed by atoms with Crippen LogP contribution < -0.4 is 4.74 Å². The van der Waals surface area contributed by atoms with Gasteiger partial charge in [0.25, 0.3) is 0 Å². The van der Waals surface area contributed by atoms with Gasteiger partial charge in [-0.15, -0.1) is 11.3 Å². The summed E-state index contributed by atoms with van der Waals surface area (Å²) in [5.74, 6) is 0.982. The SMILES string of the molecule is CCOCCOCCOc1cc(C)sc1C. The average Bonchev–Trinajstić information content (AvgIpc) is 2.56. The van der Waals surface area contributed by atoms with Gasteiger partial charge in [0, 0.05) is 16.4 Å². The van der Waals surface area contributed by atoms with Gasteiger partial charge in [0.15, 0.2) is 0 Å². The molecule has 0 aromatic carbocycles. The Bertz CT molecular complexity index is 296. The lowest BCUT2D eigenvalue weighted by Crippen LogP contribution is -2.10. The van der Waals surface area contributed by atoms with E-state index in [2.05, 4.69) is 19.9 Å². The molecule has 0 aliphatic heterocycles. The minimum absolute atomic E-state index is 0.600. The molecule has 0 atom stereocenters. The molecule has 1 aromatic rings. The highest BCUT2D eigenvalue weighted by Crippen LogP contribution is 2.27. The summed E-state index contributed by atoms with van der Waals surface area (Å²) in [6.45, 7) is 9.39. The van der Waals surface area contributed by atoms with Crippen LogP contribution in [-0.2, 0) is 9.47 Å². The van der Waals surface area contributed by atoms with Gasteiger partial charge in [-0.05, 0) is 26.8 Å². The van der Waals surface area contributed by atoms with Crippen LogP contribution in [0.4, 0.5) is 0 Å². The lowest BCUT2D eigenvalue weighted by Gasteiger charge is -2.06. The second-order valence-electron chi connectivity index (χ2n) is 3.44. The second kappa shape index (κ2) is 7.65. The summed E-state index contributed by atoms with van der Waals surface area (Å²) in [7, 11) is 0. The maximum Gasteiger partial charge on any atom is 0.133 e. The fourth-order valence-corrected chi connectivity index (χ4v) is 2.19. The third kappa shape index (κ3) is 4.96. The molecule has 0 saturated heterocycles. The summed E-state index contributed by atoms with van der Waals surface area (Å²) < 4.78 is 16.1. The third-order valence-electron chi connectivity index (χ3n) is 2.06. The smallest absolute Gasteiger partial charge is 0.133 e. The van der Waals surface area contributed by atoms with Crippen molar-refractivity contribution in [2.75, 3.05) is 33.0 Å². The lowest BCUT2D eigenvalue weighted by molar-refractivity contribution is 0.0404. The molecular formula is C12H20O3S. The van der Waals surface area contributed by atoms with Crippen LogP contribution in [0.2, 0.25) is 0 Å². The Labute approximate surface area is 101 Å². The molecule has 0 N–H and O–H groups in total. The fourth-order valence-electron chi connectivity index (χ4n) is 1.33. The molecule has 0 bridgehead atoms. The molecule has 0 aliphatic rings. The lowest BCUT2D eigenvalue weighted by atomic mass is 10.4. The van der Waals surface area contributed by atoms with Crippen molar-refractivity contribution in [2.45, 2.75) is 20.8 Å². The molecular weight excluding hydrogens is 224 g/mol. The van der Waals surface area contributed by atoms with Crippen molar-refractivity contribution in [1.82, 2.24) is 0 Å². The van der Waals surface area contributed by atoms with Crippen LogP contribution in [0.15, 0.2) is 6.07 Å². The van der Waals surface area contributed by atoms with Gasteiger partial charge in [0.2, 0.25) is 0 Å². The molecule has 1 heterocycles. The van der Waals surface area contributed by atoms with Crippen LogP contribution in [0, 0.1) is 13.8 Å². The van der Waals surface area contributed by atoms with E-state index in [4.69, 9.17) is 14.2 Å². The molecule has 4 heteroatoms. The van der Waals surface area contributed by atoms with E-state index in [-0.39, 0.29) is 0 Å². The van der Waals surface area contributed by atoms with Gasteiger partial charge in [-0.1, -0.05) is 0 Å². The second-order valence-corrected chi connectivity index (χ2v) is 4.90. The van der Waals surface area contributed by atoms with Crippen molar-refractivity contribution < 1.29 is 14.2 Å². The summed E-state index contributed by atoms with van der Waals surface area (Å²) in [4.78, 5) is 2.51. The Morgan fingerprint density at radius 1 is 1.06 bits per heavy atom. The summed E-state index contributed by atoms with van der Waals surface area (Å²) >= 11 is 1.76. The van der Waals surface area contributed by atoms with Crippen LogP contribution in [0.25, 0.3) is 0 Å². The molecule has 16 heavy (non-hydrogen) atoms. The van der Waals surface area contributed by atoms with E-state index < -0.39 is 0 Å². The molecule has 0 fully saturated rings. The molecule has 92 valence electrons. The number of hydrogen-bond donors (Lipinski definition) is 0. The molecule has 1 aromatic heterocycles. The van der Waals surface area contributed by atoms with Gasteiger partial charge >= 0.3 is 0 Å². The molecule has 0 radical (unpaired) electrons. The maximum absolute atomic E-state index is 5.61. The largest absolute Gasteiger partial charge is 0.490 e. The highest BCUT2D eigenvalue weighted by atomic mass is 32.1. The summed E-state index contributed by atoms with van der Waals surface area (Å²) in [6, 6.07) is 2.07. The van der Waals surface area contributed by atoms with Crippen molar-refractivity contribution >= 4 is 11.3 Å². The fraction of sp³-hybridized carbons (Fsp3) is 0.667. The van der Waals surface area contributed by atoms with Gasteiger partial charge in [-0.25, -0.2) is 0 Å². The van der Waals surface area contributed by atoms with Crippen molar-refractivity contribution in [1.29, 1.82) is 0 Å². The van der Waals surface area contributed by atoms with Crippen LogP contribution in [0.1, 0.15) is 16.7 Å². The van der Waals surface area contributed by atoms with Gasteiger partial charge in [-0.2, -0.15) is 0 Å². The first kappa shape index (κ1) is 13.5. The highest BCUT2D eigenvalue weighted by Gasteiger charge is 2.02. The standard InChI is InChI=1S/C12H20O3S/c1-4-13-5-6-14-7-8-15-12-9-10(2)16-11(12)3/h9H,4-8H2,1-3H3. The number of ether oxygens (including phenoxy) is 3. The normalized spacial score (nSPS) is 10.7. The number of hydrogen-bond acceptors (Lipinski definition) is 4. The van der Waals surface area contributed by atoms with E-state index >= 15 is 0 Å². The third-order valence-corrected chi connectivity index (χ3v) is 3.00. The van der Waals surface area contributed by atoms with Crippen molar-refractivity contribution in [3.05, 3.63) is 15.8 Å². The first-order valence-electron chi connectivity index (χ1n) is 5.59. The molecule has 0 aliphatic carbocycles. The zero-order chi connectivity index (χ0) is 11.8. The predicted molar refractivity (Wildman–Crippen MR) is 66.6 cm³/mol. The zero-order valence-corrected chi connectivity index (χ0v) is 11.1. The van der Waals surface area contributed by atoms with Gasteiger partial charge < -0.3 is 14.2 Å². The molecule has 0 amide bonds. The Kier molecular flexibility index (Phi) is 6.45. The zero-order valence-electron chi connectivity index (χ0n) is 10.2. The van der Waals surface area contributed by atoms with Crippen LogP contribution in [0.5, 0.6) is 5.75 Å². The van der Waals surface area contributed by atoms with E-state index in [0.29, 0.717) is 26.4 Å². The minimum Gasteiger partial charge on any atom is -0.490 e. The molecule has 0 unspecified atom stereocenters. The topological polar surface area (TPSA) is 27.7 Å². The summed E-state index contributed by atoms with van der Waals surface area (Å²) in [5, 5.41) is 0. The number of thiophene rings is 1. The first-order chi connectivity index (χ1) is 7.74. The van der Waals surface area contributed by atoms with Crippen LogP contribution in [0.3, 0.4) is 0 Å². The summed E-state index contributed by atoms with van der Waals surface area (Å²) in [5.41, 5.74) is 0. The Hall–Kier alpha value is -0.580. The Balaban J connectivity index is 2.05. The van der Waals surface area contributed by atoms with E-state index in [1.165, 1.54) is 9.75 Å². The van der Waals surface area contributed by atoms with Gasteiger partial charge in [0.1, 0.15) is 12.4 Å². The molecule has 0 spiro atoms. The first-order valence-corrected chi connectivity index (χ1v) is 6.41. The van der Waals surface area contributed by atoms with Crippen molar-refractivity contribution in [3.63, 3.8) is 0 Å². The Morgan fingerprint density at radius 2 is 1.75 bits per heavy atom. The minimum atomic E-state index is 0.600. The van der Waals surface area contributed by atoms with Crippen molar-refractivity contribution in [2.24, 2.45) is 0 Å². The number of rotatable bonds is 8. The van der Waals surface area contributed by atoms with Crippen LogP contribution in [-0.4, -0.2) is 33.0 Å². The predicted octanol–water partition coefficient (Wildman–Crippen LogP) is 2.80.